The maximum atomic E-state index is 10.9. The molecular formula is C9H13NO3. The van der Waals surface area contributed by atoms with E-state index in [-0.39, 0.29) is 5.97 Å². The van der Waals surface area contributed by atoms with E-state index in [4.69, 9.17) is 9.47 Å². The Morgan fingerprint density at radius 2 is 2.54 bits per heavy atom. The highest BCUT2D eigenvalue weighted by molar-refractivity contribution is 5.87. The quantitative estimate of drug-likeness (QED) is 0.481. The monoisotopic (exact) mass is 183 g/mol. The van der Waals surface area contributed by atoms with Crippen molar-refractivity contribution in [2.24, 2.45) is 4.99 Å². The molecule has 1 aliphatic heterocycles. The lowest BCUT2D eigenvalue weighted by atomic mass is 10.3. The van der Waals surface area contributed by atoms with Crippen LogP contribution < -0.4 is 0 Å². The predicted octanol–water partition coefficient (Wildman–Crippen LogP) is 0.924. The molecule has 0 radical (unpaired) electrons. The van der Waals surface area contributed by atoms with Crippen LogP contribution in [0, 0.1) is 0 Å². The predicted molar refractivity (Wildman–Crippen MR) is 48.6 cm³/mol. The smallest absolute Gasteiger partial charge is 0.333 e. The highest BCUT2D eigenvalue weighted by atomic mass is 16.5. The van der Waals surface area contributed by atoms with E-state index >= 15 is 0 Å². The number of carbonyl (C=O) groups excluding carboxylic acids is 1. The molecule has 13 heavy (non-hydrogen) atoms. The van der Waals surface area contributed by atoms with Gasteiger partial charge >= 0.3 is 5.97 Å². The summed E-state index contributed by atoms with van der Waals surface area (Å²) in [5.41, 5.74) is 0.411. The molecule has 0 aliphatic carbocycles. The van der Waals surface area contributed by atoms with Crippen LogP contribution >= 0.6 is 0 Å². The highest BCUT2D eigenvalue weighted by Gasteiger charge is 2.08. The molecule has 0 saturated carbocycles. The highest BCUT2D eigenvalue weighted by Crippen LogP contribution is 2.00. The van der Waals surface area contributed by atoms with Gasteiger partial charge in [0, 0.05) is 5.57 Å². The molecule has 0 spiro atoms. The Hall–Kier alpha value is -1.32. The molecule has 0 aromatic heterocycles. The molecule has 0 aromatic carbocycles. The van der Waals surface area contributed by atoms with Crippen LogP contribution in [0.25, 0.3) is 0 Å². The van der Waals surface area contributed by atoms with Gasteiger partial charge in [0.05, 0.1) is 13.0 Å². The third-order valence-corrected chi connectivity index (χ3v) is 1.55. The van der Waals surface area contributed by atoms with Crippen molar-refractivity contribution in [3.63, 3.8) is 0 Å². The van der Waals surface area contributed by atoms with Crippen molar-refractivity contribution in [1.82, 2.24) is 0 Å². The van der Waals surface area contributed by atoms with Gasteiger partial charge in [-0.1, -0.05) is 6.58 Å². The van der Waals surface area contributed by atoms with Gasteiger partial charge in [0.25, 0.3) is 0 Å². The maximum Gasteiger partial charge on any atom is 0.333 e. The van der Waals surface area contributed by atoms with Crippen molar-refractivity contribution in [3.8, 4) is 0 Å². The van der Waals surface area contributed by atoms with Crippen LogP contribution in [-0.4, -0.2) is 31.6 Å². The first-order valence-corrected chi connectivity index (χ1v) is 4.19. The minimum absolute atomic E-state index is 0.310. The molecule has 1 heterocycles. The number of nitrogens with zero attached hydrogens (tertiary/aromatic N) is 1. The standard InChI is InChI=1S/C9H13NO3/c1-7(2)9(11)13-5-3-8-10-4-6-12-8/h1,3-6H2,2H3. The molecule has 4 nitrogen and oxygen atoms in total. The molecule has 0 saturated heterocycles. The fourth-order valence-electron chi connectivity index (χ4n) is 0.885. The Balaban J connectivity index is 2.13. The summed E-state index contributed by atoms with van der Waals surface area (Å²) in [5, 5.41) is 0. The van der Waals surface area contributed by atoms with Crippen LogP contribution in [0.4, 0.5) is 0 Å². The average molecular weight is 183 g/mol. The minimum Gasteiger partial charge on any atom is -0.479 e. The molecule has 0 aromatic rings. The van der Waals surface area contributed by atoms with E-state index in [9.17, 15) is 4.79 Å². The fraction of sp³-hybridized carbons (Fsp3) is 0.556. The number of hydrogen-bond donors (Lipinski definition) is 0. The molecular weight excluding hydrogens is 170 g/mol. The van der Waals surface area contributed by atoms with Crippen molar-refractivity contribution in [2.45, 2.75) is 13.3 Å². The summed E-state index contributed by atoms with van der Waals surface area (Å²) in [5.74, 6) is 0.313. The lowest BCUT2D eigenvalue weighted by Gasteiger charge is -2.03. The molecule has 72 valence electrons. The Bertz CT molecular complexity index is 243. The summed E-state index contributed by atoms with van der Waals surface area (Å²) in [6.45, 7) is 6.75. The summed E-state index contributed by atoms with van der Waals surface area (Å²) in [6.07, 6.45) is 0.555. The fourth-order valence-corrected chi connectivity index (χ4v) is 0.885. The summed E-state index contributed by atoms with van der Waals surface area (Å²) < 4.78 is 10.00. The van der Waals surface area contributed by atoms with E-state index in [0.29, 0.717) is 37.7 Å². The molecule has 0 atom stereocenters. The van der Waals surface area contributed by atoms with Gasteiger partial charge in [0.15, 0.2) is 5.90 Å². The number of carbonyl (C=O) groups is 1. The second-order valence-electron chi connectivity index (χ2n) is 2.79. The van der Waals surface area contributed by atoms with Crippen LogP contribution in [0.3, 0.4) is 0 Å². The van der Waals surface area contributed by atoms with Crippen molar-refractivity contribution in [3.05, 3.63) is 12.2 Å². The lowest BCUT2D eigenvalue weighted by molar-refractivity contribution is -0.138. The Kier molecular flexibility index (Phi) is 3.49. The largest absolute Gasteiger partial charge is 0.479 e. The van der Waals surface area contributed by atoms with E-state index in [1.165, 1.54) is 0 Å². The van der Waals surface area contributed by atoms with Gasteiger partial charge in [-0.05, 0) is 6.92 Å². The van der Waals surface area contributed by atoms with Gasteiger partial charge in [-0.2, -0.15) is 0 Å². The van der Waals surface area contributed by atoms with Crippen LogP contribution in [0.5, 0.6) is 0 Å². The molecule has 0 amide bonds. The van der Waals surface area contributed by atoms with Crippen molar-refractivity contribution >= 4 is 11.9 Å². The molecule has 4 heteroatoms. The average Bonchev–Trinajstić information content (AvgIpc) is 2.56. The Morgan fingerprint density at radius 3 is 3.08 bits per heavy atom. The summed E-state index contributed by atoms with van der Waals surface area (Å²) >= 11 is 0. The van der Waals surface area contributed by atoms with Gasteiger partial charge in [-0.25, -0.2) is 4.79 Å². The van der Waals surface area contributed by atoms with Crippen LogP contribution in [0.2, 0.25) is 0 Å². The molecule has 1 rings (SSSR count). The zero-order valence-electron chi connectivity index (χ0n) is 7.71. The summed E-state index contributed by atoms with van der Waals surface area (Å²) in [7, 11) is 0. The van der Waals surface area contributed by atoms with Crippen molar-refractivity contribution < 1.29 is 14.3 Å². The van der Waals surface area contributed by atoms with Gasteiger partial charge in [0.2, 0.25) is 0 Å². The van der Waals surface area contributed by atoms with Gasteiger partial charge in [0.1, 0.15) is 13.2 Å². The molecule has 0 unspecified atom stereocenters. The van der Waals surface area contributed by atoms with E-state index < -0.39 is 0 Å². The molecule has 0 bridgehead atoms. The van der Waals surface area contributed by atoms with Crippen LogP contribution in [-0.2, 0) is 14.3 Å². The number of aliphatic imine (C=N–C) groups is 1. The van der Waals surface area contributed by atoms with E-state index in [0.717, 1.165) is 0 Å². The zero-order chi connectivity index (χ0) is 9.68. The summed E-state index contributed by atoms with van der Waals surface area (Å²) in [4.78, 5) is 15.0. The maximum absolute atomic E-state index is 10.9. The van der Waals surface area contributed by atoms with Gasteiger partial charge in [-0.3, -0.25) is 4.99 Å². The number of rotatable bonds is 4. The van der Waals surface area contributed by atoms with Crippen molar-refractivity contribution in [1.29, 1.82) is 0 Å². The Labute approximate surface area is 77.2 Å². The topological polar surface area (TPSA) is 47.9 Å². The first-order valence-electron chi connectivity index (χ1n) is 4.19. The second kappa shape index (κ2) is 4.64. The number of ether oxygens (including phenoxy) is 2. The Morgan fingerprint density at radius 1 is 1.77 bits per heavy atom. The minimum atomic E-state index is -0.362. The molecule has 0 fully saturated rings. The molecule has 0 N–H and O–H groups in total. The summed E-state index contributed by atoms with van der Waals surface area (Å²) in [6, 6.07) is 0. The van der Waals surface area contributed by atoms with Gasteiger partial charge in [-0.15, -0.1) is 0 Å². The first kappa shape index (κ1) is 9.77. The lowest BCUT2D eigenvalue weighted by Crippen LogP contribution is -2.10. The van der Waals surface area contributed by atoms with E-state index in [2.05, 4.69) is 11.6 Å². The van der Waals surface area contributed by atoms with Gasteiger partial charge < -0.3 is 9.47 Å². The third-order valence-electron chi connectivity index (χ3n) is 1.55. The van der Waals surface area contributed by atoms with E-state index in [1.54, 1.807) is 6.92 Å². The van der Waals surface area contributed by atoms with Crippen molar-refractivity contribution in [2.75, 3.05) is 19.8 Å². The normalized spacial score (nSPS) is 14.7. The van der Waals surface area contributed by atoms with Crippen LogP contribution in [0.1, 0.15) is 13.3 Å². The zero-order valence-corrected chi connectivity index (χ0v) is 7.71. The van der Waals surface area contributed by atoms with Crippen LogP contribution in [0.15, 0.2) is 17.1 Å². The number of hydrogen-bond acceptors (Lipinski definition) is 4. The third kappa shape index (κ3) is 3.27. The number of esters is 1. The SMILES string of the molecule is C=C(C)C(=O)OCCC1=NCCO1. The second-order valence-corrected chi connectivity index (χ2v) is 2.79. The first-order chi connectivity index (χ1) is 6.20. The van der Waals surface area contributed by atoms with E-state index in [1.807, 2.05) is 0 Å². The molecule has 1 aliphatic rings.